The number of hydrogen-bond acceptors (Lipinski definition) is 7. The van der Waals surface area contributed by atoms with Crippen LogP contribution < -0.4 is 10.1 Å². The number of nitrogens with one attached hydrogen (secondary N) is 1. The lowest BCUT2D eigenvalue weighted by atomic mass is 9.93. The Kier molecular flexibility index (Phi) is 10.8. The number of amidine groups is 1. The molecule has 1 aromatic carbocycles. The maximum Gasteiger partial charge on any atom is 0.173 e. The van der Waals surface area contributed by atoms with Crippen molar-refractivity contribution < 1.29 is 18.3 Å². The van der Waals surface area contributed by atoms with Gasteiger partial charge in [0.1, 0.15) is 29.0 Å². The van der Waals surface area contributed by atoms with Gasteiger partial charge in [-0.1, -0.05) is 44.2 Å². The molecule has 0 bridgehead atoms. The number of fused-ring (bicyclic) bond motifs is 1. The van der Waals surface area contributed by atoms with Crippen molar-refractivity contribution in [2.24, 2.45) is 10.9 Å². The number of rotatable bonds is 7. The summed E-state index contributed by atoms with van der Waals surface area (Å²) in [5.41, 5.74) is 2.97. The summed E-state index contributed by atoms with van der Waals surface area (Å²) in [5, 5.41) is 13.5. The van der Waals surface area contributed by atoms with Gasteiger partial charge in [0.25, 0.3) is 0 Å². The van der Waals surface area contributed by atoms with Crippen LogP contribution in [0.1, 0.15) is 64.0 Å². The SMILES string of the molecule is C=C(NC1=N/C=C/CC(C)C(Oc2cc(F)c3c(c2F)C=C(C)CCC3C)=C1C#N)/C(=C\C(=C/C)N1CCN(C)CC1)OC. The largest absolute Gasteiger partial charge is 0.495 e. The normalized spacial score (nSPS) is 22.5. The Morgan fingerprint density at radius 3 is 2.59 bits per heavy atom. The molecular formula is C35H43F2N5O2. The van der Waals surface area contributed by atoms with E-state index in [1.54, 1.807) is 19.4 Å². The van der Waals surface area contributed by atoms with Crippen molar-refractivity contribution in [3.8, 4) is 11.8 Å². The summed E-state index contributed by atoms with van der Waals surface area (Å²) in [4.78, 5) is 9.04. The van der Waals surface area contributed by atoms with Crippen LogP contribution in [0, 0.1) is 28.9 Å². The van der Waals surface area contributed by atoms with Gasteiger partial charge in [-0.3, -0.25) is 0 Å². The number of methoxy groups -OCH3 is 1. The average Bonchev–Trinajstić information content (AvgIpc) is 3.15. The van der Waals surface area contributed by atoms with Crippen molar-refractivity contribution in [2.45, 2.75) is 52.9 Å². The lowest BCUT2D eigenvalue weighted by molar-refractivity contribution is 0.189. The number of hydrogen-bond donors (Lipinski definition) is 1. The molecular weight excluding hydrogens is 560 g/mol. The van der Waals surface area contributed by atoms with Crippen LogP contribution in [0.4, 0.5) is 8.78 Å². The lowest BCUT2D eigenvalue weighted by Crippen LogP contribution is -2.43. The van der Waals surface area contributed by atoms with Crippen molar-refractivity contribution in [3.63, 3.8) is 0 Å². The van der Waals surface area contributed by atoms with Gasteiger partial charge in [-0.05, 0) is 46.1 Å². The van der Waals surface area contributed by atoms with E-state index in [-0.39, 0.29) is 40.3 Å². The standard InChI is InChI=1S/C35H43F2N5O2/c1-8-26(42-16-14-41(6)15-17-42)19-30(43-7)25(5)40-35-28(21-38)34(24(4)10-9-13-39-35)44-31-20-29(36)32-23(3)12-11-22(2)18-27(32)33(31)37/h8-9,13,18-20,23-24H,5,10-12,14-17H2,1-4,6-7H3,(H,39,40)/b13-9+,26-8+,30-19+,34-28?. The molecule has 1 saturated heterocycles. The second kappa shape index (κ2) is 14.5. The van der Waals surface area contributed by atoms with E-state index in [0.717, 1.165) is 56.4 Å². The number of piperazine rings is 1. The molecule has 4 rings (SSSR count). The first-order valence-electron chi connectivity index (χ1n) is 15.1. The second-order valence-corrected chi connectivity index (χ2v) is 11.7. The molecule has 2 aliphatic heterocycles. The fourth-order valence-electron chi connectivity index (χ4n) is 5.69. The van der Waals surface area contributed by atoms with Crippen LogP contribution in [0.5, 0.6) is 5.75 Å². The Hall–Kier alpha value is -4.16. The first-order valence-corrected chi connectivity index (χ1v) is 15.1. The second-order valence-electron chi connectivity index (χ2n) is 11.7. The fraction of sp³-hybridized carbons (Fsp3) is 0.429. The first kappa shape index (κ1) is 32.7. The summed E-state index contributed by atoms with van der Waals surface area (Å²) in [7, 11) is 3.66. The zero-order valence-corrected chi connectivity index (χ0v) is 26.6. The third-order valence-electron chi connectivity index (χ3n) is 8.40. The lowest BCUT2D eigenvalue weighted by Gasteiger charge is -2.34. The smallest absolute Gasteiger partial charge is 0.173 e. The van der Waals surface area contributed by atoms with Gasteiger partial charge >= 0.3 is 0 Å². The Balaban J connectivity index is 1.69. The van der Waals surface area contributed by atoms with Crippen LogP contribution >= 0.6 is 0 Å². The Morgan fingerprint density at radius 2 is 1.93 bits per heavy atom. The quantitative estimate of drug-likeness (QED) is 0.263. The number of nitrogens with zero attached hydrogens (tertiary/aromatic N) is 4. The summed E-state index contributed by atoms with van der Waals surface area (Å²) in [6.07, 6.45) is 11.1. The van der Waals surface area contributed by atoms with Crippen LogP contribution in [0.15, 0.2) is 76.1 Å². The number of ether oxygens (including phenoxy) is 2. The Labute approximate surface area is 260 Å². The van der Waals surface area contributed by atoms with Gasteiger partial charge in [0.05, 0.1) is 12.8 Å². The number of halogens is 2. The molecule has 0 saturated carbocycles. The number of likely N-dealkylation sites (N-methyl/N-ethyl adjacent to an activating group) is 1. The van der Waals surface area contributed by atoms with Crippen LogP contribution in [0.3, 0.4) is 0 Å². The third-order valence-corrected chi connectivity index (χ3v) is 8.40. The van der Waals surface area contributed by atoms with Crippen molar-refractivity contribution in [1.82, 2.24) is 15.1 Å². The van der Waals surface area contributed by atoms with Crippen molar-refractivity contribution >= 4 is 11.9 Å². The van der Waals surface area contributed by atoms with Crippen LogP contribution in [0.25, 0.3) is 6.08 Å². The molecule has 1 aliphatic carbocycles. The summed E-state index contributed by atoms with van der Waals surface area (Å²) in [6.45, 7) is 15.5. The number of allylic oxidation sites excluding steroid dienone is 5. The van der Waals surface area contributed by atoms with Gasteiger partial charge in [0.2, 0.25) is 0 Å². The topological polar surface area (TPSA) is 73.1 Å². The first-order chi connectivity index (χ1) is 21.1. The van der Waals surface area contributed by atoms with E-state index in [1.165, 1.54) is 0 Å². The zero-order chi connectivity index (χ0) is 32.0. The highest BCUT2D eigenvalue weighted by atomic mass is 19.1. The van der Waals surface area contributed by atoms with E-state index in [1.807, 2.05) is 45.9 Å². The van der Waals surface area contributed by atoms with Gasteiger partial charge in [-0.25, -0.2) is 13.8 Å². The number of nitriles is 1. The minimum atomic E-state index is -0.646. The third kappa shape index (κ3) is 7.31. The van der Waals surface area contributed by atoms with Gasteiger partial charge in [-0.2, -0.15) is 5.26 Å². The van der Waals surface area contributed by atoms with Gasteiger partial charge < -0.3 is 24.6 Å². The van der Waals surface area contributed by atoms with Gasteiger partial charge in [-0.15, -0.1) is 0 Å². The minimum Gasteiger partial charge on any atom is -0.495 e. The summed E-state index contributed by atoms with van der Waals surface area (Å²) in [6, 6.07) is 3.28. The summed E-state index contributed by atoms with van der Waals surface area (Å²) in [5.74, 6) is -1.09. The fourth-order valence-corrected chi connectivity index (χ4v) is 5.69. The molecule has 1 aromatic rings. The van der Waals surface area contributed by atoms with Crippen molar-refractivity contribution in [2.75, 3.05) is 40.3 Å². The predicted octanol–water partition coefficient (Wildman–Crippen LogP) is 7.16. The highest BCUT2D eigenvalue weighted by Crippen LogP contribution is 2.39. The Bertz CT molecular complexity index is 1500. The molecule has 7 nitrogen and oxygen atoms in total. The Morgan fingerprint density at radius 1 is 1.20 bits per heavy atom. The molecule has 234 valence electrons. The highest BCUT2D eigenvalue weighted by molar-refractivity contribution is 6.04. The van der Waals surface area contributed by atoms with Crippen LogP contribution in [-0.4, -0.2) is 56.0 Å². The van der Waals surface area contributed by atoms with E-state index in [0.29, 0.717) is 23.4 Å². The molecule has 2 heterocycles. The molecule has 44 heavy (non-hydrogen) atoms. The predicted molar refractivity (Wildman–Crippen MR) is 171 cm³/mol. The van der Waals surface area contributed by atoms with E-state index in [9.17, 15) is 5.26 Å². The molecule has 0 radical (unpaired) electrons. The molecule has 1 N–H and O–H groups in total. The zero-order valence-electron chi connectivity index (χ0n) is 26.6. The molecule has 0 amide bonds. The summed E-state index contributed by atoms with van der Waals surface area (Å²) < 4.78 is 43.3. The molecule has 2 atom stereocenters. The maximum absolute atomic E-state index is 16.0. The molecule has 3 aliphatic rings. The molecule has 0 aromatic heterocycles. The molecule has 2 unspecified atom stereocenters. The molecule has 0 spiro atoms. The summed E-state index contributed by atoms with van der Waals surface area (Å²) >= 11 is 0. The molecule has 9 heteroatoms. The average molecular weight is 604 g/mol. The van der Waals surface area contributed by atoms with E-state index in [4.69, 9.17) is 9.47 Å². The number of benzene rings is 1. The minimum absolute atomic E-state index is 0.0682. The van der Waals surface area contributed by atoms with E-state index in [2.05, 4.69) is 39.8 Å². The van der Waals surface area contributed by atoms with Gasteiger partial charge in [0.15, 0.2) is 17.4 Å². The van der Waals surface area contributed by atoms with Crippen molar-refractivity contribution in [3.05, 3.63) is 93.9 Å². The van der Waals surface area contributed by atoms with Crippen LogP contribution in [0.2, 0.25) is 0 Å². The van der Waals surface area contributed by atoms with Gasteiger partial charge in [0, 0.05) is 67.3 Å². The van der Waals surface area contributed by atoms with Crippen molar-refractivity contribution in [1.29, 1.82) is 5.26 Å². The monoisotopic (exact) mass is 603 g/mol. The molecule has 1 fully saturated rings. The highest BCUT2D eigenvalue weighted by Gasteiger charge is 2.28. The van der Waals surface area contributed by atoms with E-state index < -0.39 is 11.6 Å². The number of aliphatic imine (C=N–C) groups is 1. The van der Waals surface area contributed by atoms with E-state index >= 15 is 8.78 Å². The maximum atomic E-state index is 16.0. The van der Waals surface area contributed by atoms with Crippen LogP contribution in [-0.2, 0) is 4.74 Å².